The number of ether oxygens (including phenoxy) is 1. The molecule has 3 rings (SSSR count). The summed E-state index contributed by atoms with van der Waals surface area (Å²) in [6.45, 7) is 3.21. The van der Waals surface area contributed by atoms with Crippen molar-refractivity contribution in [3.05, 3.63) is 18.0 Å². The zero-order valence-corrected chi connectivity index (χ0v) is 16.4. The third-order valence-electron chi connectivity index (χ3n) is 4.92. The molecule has 10 heteroatoms. The molecule has 3 heterocycles. The van der Waals surface area contributed by atoms with Gasteiger partial charge in [-0.3, -0.25) is 9.67 Å². The van der Waals surface area contributed by atoms with E-state index in [2.05, 4.69) is 20.3 Å². The fourth-order valence-corrected chi connectivity index (χ4v) is 4.82. The summed E-state index contributed by atoms with van der Waals surface area (Å²) >= 11 is 0. The van der Waals surface area contributed by atoms with E-state index in [0.717, 1.165) is 30.9 Å². The van der Waals surface area contributed by atoms with Gasteiger partial charge in [0.05, 0.1) is 25.6 Å². The van der Waals surface area contributed by atoms with Gasteiger partial charge in [0.1, 0.15) is 6.10 Å². The van der Waals surface area contributed by atoms with Crippen LogP contribution in [0.3, 0.4) is 0 Å². The van der Waals surface area contributed by atoms with Gasteiger partial charge in [-0.2, -0.15) is 9.40 Å². The molecule has 0 aromatic carbocycles. The lowest BCUT2D eigenvalue weighted by Gasteiger charge is -2.35. The van der Waals surface area contributed by atoms with Crippen LogP contribution in [0, 0.1) is 0 Å². The molecule has 0 spiro atoms. The molecule has 1 unspecified atom stereocenters. The Morgan fingerprint density at radius 2 is 2.27 bits per heavy atom. The summed E-state index contributed by atoms with van der Waals surface area (Å²) < 4.78 is 33.0. The summed E-state index contributed by atoms with van der Waals surface area (Å²) in [4.78, 5) is 6.53. The third kappa shape index (κ3) is 4.36. The molecule has 0 radical (unpaired) electrons. The number of hydrogen-bond acceptors (Lipinski definition) is 5. The standard InChI is InChI=1S/C16H28N6O3S/c1-17-16(18-10-14-5-4-6-22(14)26(3,23)24)21-7-8-25-15(12-21)13-9-19-20(2)11-13/h9,11,14-15H,4-8,10,12H2,1-3H3,(H,17,18)/t14-,15?/m1/s1. The molecule has 2 aliphatic rings. The van der Waals surface area contributed by atoms with Gasteiger partial charge in [-0.25, -0.2) is 8.42 Å². The number of aliphatic imine (C=N–C) groups is 1. The van der Waals surface area contributed by atoms with Crippen LogP contribution in [0.25, 0.3) is 0 Å². The van der Waals surface area contributed by atoms with Crippen LogP contribution >= 0.6 is 0 Å². The van der Waals surface area contributed by atoms with Crippen molar-refractivity contribution in [1.29, 1.82) is 0 Å². The highest BCUT2D eigenvalue weighted by Crippen LogP contribution is 2.22. The van der Waals surface area contributed by atoms with Crippen molar-refractivity contribution < 1.29 is 13.2 Å². The average molecular weight is 385 g/mol. The Morgan fingerprint density at radius 1 is 1.46 bits per heavy atom. The first-order chi connectivity index (χ1) is 12.4. The zero-order valence-electron chi connectivity index (χ0n) is 15.6. The van der Waals surface area contributed by atoms with Gasteiger partial charge in [-0.05, 0) is 12.8 Å². The highest BCUT2D eigenvalue weighted by molar-refractivity contribution is 7.88. The van der Waals surface area contributed by atoms with Gasteiger partial charge < -0.3 is 15.0 Å². The first-order valence-corrected chi connectivity index (χ1v) is 10.8. The van der Waals surface area contributed by atoms with Crippen LogP contribution in [0.5, 0.6) is 0 Å². The Labute approximate surface area is 155 Å². The fourth-order valence-electron chi connectivity index (χ4n) is 3.64. The van der Waals surface area contributed by atoms with E-state index >= 15 is 0 Å². The number of nitrogens with one attached hydrogen (secondary N) is 1. The molecule has 9 nitrogen and oxygen atoms in total. The van der Waals surface area contributed by atoms with Crippen molar-refractivity contribution in [2.45, 2.75) is 25.0 Å². The molecule has 0 aliphatic carbocycles. The molecule has 0 bridgehead atoms. The van der Waals surface area contributed by atoms with Gasteiger partial charge in [0.2, 0.25) is 10.0 Å². The molecule has 1 aromatic rings. The van der Waals surface area contributed by atoms with Crippen LogP contribution in [-0.4, -0.2) is 85.5 Å². The second-order valence-corrected chi connectivity index (χ2v) is 8.79. The second kappa shape index (κ2) is 7.93. The predicted molar refractivity (Wildman–Crippen MR) is 99.4 cm³/mol. The molecule has 2 fully saturated rings. The number of sulfonamides is 1. The van der Waals surface area contributed by atoms with Crippen molar-refractivity contribution in [3.8, 4) is 0 Å². The number of hydrogen-bond donors (Lipinski definition) is 1. The van der Waals surface area contributed by atoms with Gasteiger partial charge in [-0.1, -0.05) is 0 Å². The van der Waals surface area contributed by atoms with E-state index in [-0.39, 0.29) is 12.1 Å². The van der Waals surface area contributed by atoms with Gasteiger partial charge in [-0.15, -0.1) is 0 Å². The first kappa shape index (κ1) is 19.1. The Balaban J connectivity index is 1.60. The van der Waals surface area contributed by atoms with E-state index in [1.54, 1.807) is 16.0 Å². The summed E-state index contributed by atoms with van der Waals surface area (Å²) in [6.07, 6.45) is 6.80. The number of aryl methyl sites for hydroxylation is 1. The minimum Gasteiger partial charge on any atom is -0.370 e. The molecule has 2 aliphatic heterocycles. The summed E-state index contributed by atoms with van der Waals surface area (Å²) in [7, 11) is 0.475. The van der Waals surface area contributed by atoms with Crippen LogP contribution in [0.2, 0.25) is 0 Å². The quantitative estimate of drug-likeness (QED) is 0.571. The molecule has 1 N–H and O–H groups in total. The number of nitrogens with zero attached hydrogens (tertiary/aromatic N) is 5. The number of guanidine groups is 1. The van der Waals surface area contributed by atoms with E-state index in [1.165, 1.54) is 6.26 Å². The zero-order chi connectivity index (χ0) is 18.7. The summed E-state index contributed by atoms with van der Waals surface area (Å²) in [5.74, 6) is 0.780. The van der Waals surface area contributed by atoms with Crippen LogP contribution in [0.1, 0.15) is 24.5 Å². The monoisotopic (exact) mass is 384 g/mol. The minimum absolute atomic E-state index is 0.0167. The third-order valence-corrected chi connectivity index (χ3v) is 6.25. The Hall–Kier alpha value is -1.65. The maximum absolute atomic E-state index is 11.9. The van der Waals surface area contributed by atoms with Gasteiger partial charge >= 0.3 is 0 Å². The summed E-state index contributed by atoms with van der Waals surface area (Å²) in [5.41, 5.74) is 1.05. The van der Waals surface area contributed by atoms with Crippen molar-refractivity contribution in [3.63, 3.8) is 0 Å². The molecule has 0 amide bonds. The minimum atomic E-state index is -3.16. The van der Waals surface area contributed by atoms with Crippen molar-refractivity contribution in [2.75, 3.05) is 46.1 Å². The molecule has 1 aromatic heterocycles. The van der Waals surface area contributed by atoms with Gasteiger partial charge in [0, 0.05) is 51.5 Å². The van der Waals surface area contributed by atoms with E-state index < -0.39 is 10.0 Å². The van der Waals surface area contributed by atoms with Gasteiger partial charge in [0.25, 0.3) is 0 Å². The lowest BCUT2D eigenvalue weighted by molar-refractivity contribution is -0.00806. The van der Waals surface area contributed by atoms with E-state index in [0.29, 0.717) is 26.2 Å². The van der Waals surface area contributed by atoms with Crippen LogP contribution < -0.4 is 5.32 Å². The SMILES string of the molecule is CN=C(NC[C@H]1CCCN1S(C)(=O)=O)N1CCOC(c2cnn(C)c2)C1. The number of morpholine rings is 1. The average Bonchev–Trinajstić information content (AvgIpc) is 3.24. The van der Waals surface area contributed by atoms with Crippen molar-refractivity contribution in [2.24, 2.45) is 12.0 Å². The smallest absolute Gasteiger partial charge is 0.211 e. The lowest BCUT2D eigenvalue weighted by Crippen LogP contribution is -2.51. The number of rotatable bonds is 4. The van der Waals surface area contributed by atoms with Crippen LogP contribution in [-0.2, 0) is 21.8 Å². The van der Waals surface area contributed by atoms with E-state index in [9.17, 15) is 8.42 Å². The largest absolute Gasteiger partial charge is 0.370 e. The Morgan fingerprint density at radius 3 is 2.92 bits per heavy atom. The van der Waals surface area contributed by atoms with E-state index in [1.807, 2.05) is 19.4 Å². The Bertz CT molecular complexity index is 747. The predicted octanol–water partition coefficient (Wildman–Crippen LogP) is -0.207. The molecule has 2 atom stereocenters. The maximum atomic E-state index is 11.9. The fraction of sp³-hybridized carbons (Fsp3) is 0.750. The van der Waals surface area contributed by atoms with Crippen molar-refractivity contribution >= 4 is 16.0 Å². The molecule has 146 valence electrons. The molecule has 0 saturated carbocycles. The van der Waals surface area contributed by atoms with E-state index in [4.69, 9.17) is 4.74 Å². The molecular formula is C16H28N6O3S. The van der Waals surface area contributed by atoms with Crippen LogP contribution in [0.4, 0.5) is 0 Å². The van der Waals surface area contributed by atoms with Crippen LogP contribution in [0.15, 0.2) is 17.4 Å². The highest BCUT2D eigenvalue weighted by atomic mass is 32.2. The highest BCUT2D eigenvalue weighted by Gasteiger charge is 2.32. The second-order valence-electron chi connectivity index (χ2n) is 6.85. The summed E-state index contributed by atoms with van der Waals surface area (Å²) in [5, 5.41) is 7.57. The van der Waals surface area contributed by atoms with Crippen molar-refractivity contribution in [1.82, 2.24) is 24.3 Å². The molecule has 26 heavy (non-hydrogen) atoms. The maximum Gasteiger partial charge on any atom is 0.211 e. The molecule has 2 saturated heterocycles. The lowest BCUT2D eigenvalue weighted by atomic mass is 10.1. The topological polar surface area (TPSA) is 92.1 Å². The normalized spacial score (nSPS) is 25.7. The molecular weight excluding hydrogens is 356 g/mol. The number of aromatic nitrogens is 2. The van der Waals surface area contributed by atoms with Gasteiger partial charge in [0.15, 0.2) is 5.96 Å². The first-order valence-electron chi connectivity index (χ1n) is 8.91. The Kier molecular flexibility index (Phi) is 5.83. The summed E-state index contributed by atoms with van der Waals surface area (Å²) in [6, 6.07) is -0.0167.